The van der Waals surface area contributed by atoms with Crippen LogP contribution in [0.4, 0.5) is 0 Å². The molecule has 1 aliphatic carbocycles. The number of hydrogen-bond donors (Lipinski definition) is 2. The second kappa shape index (κ2) is 6.46. The summed E-state index contributed by atoms with van der Waals surface area (Å²) in [7, 11) is 4.12. The molecule has 3 N–H and O–H groups in total. The lowest BCUT2D eigenvalue weighted by Gasteiger charge is -2.28. The third kappa shape index (κ3) is 4.05. The van der Waals surface area contributed by atoms with Gasteiger partial charge in [-0.1, -0.05) is 28.1 Å². The Morgan fingerprint density at radius 1 is 1.43 bits per heavy atom. The van der Waals surface area contributed by atoms with Crippen LogP contribution in [0.2, 0.25) is 0 Å². The highest BCUT2D eigenvalue weighted by molar-refractivity contribution is 9.10. The van der Waals surface area contributed by atoms with Gasteiger partial charge in [-0.15, -0.1) is 0 Å². The number of hydrogen-bond acceptors (Lipinski definition) is 3. The molecule has 2 unspecified atom stereocenters. The van der Waals surface area contributed by atoms with E-state index >= 15 is 0 Å². The lowest BCUT2D eigenvalue weighted by molar-refractivity contribution is -0.126. The van der Waals surface area contributed by atoms with Crippen molar-refractivity contribution in [2.45, 2.75) is 31.3 Å². The quantitative estimate of drug-likeness (QED) is 0.822. The molecule has 116 valence electrons. The van der Waals surface area contributed by atoms with Crippen LogP contribution in [0.3, 0.4) is 0 Å². The summed E-state index contributed by atoms with van der Waals surface area (Å²) in [5.74, 6) is 0.578. The first-order chi connectivity index (χ1) is 9.82. The van der Waals surface area contributed by atoms with Gasteiger partial charge >= 0.3 is 0 Å². The minimum absolute atomic E-state index is 0.127. The molecule has 0 radical (unpaired) electrons. The van der Waals surface area contributed by atoms with E-state index in [1.807, 2.05) is 24.3 Å². The summed E-state index contributed by atoms with van der Waals surface area (Å²) in [5.41, 5.74) is 6.05. The molecule has 0 bridgehead atoms. The highest BCUT2D eigenvalue weighted by Crippen LogP contribution is 2.34. The van der Waals surface area contributed by atoms with Gasteiger partial charge in [0.1, 0.15) is 5.54 Å². The number of carbonyl (C=O) groups excluding carboxylic acids is 1. The Labute approximate surface area is 135 Å². The summed E-state index contributed by atoms with van der Waals surface area (Å²) in [6, 6.07) is 7.97. The van der Waals surface area contributed by atoms with Crippen molar-refractivity contribution in [3.63, 3.8) is 0 Å². The van der Waals surface area contributed by atoms with Crippen LogP contribution in [0.25, 0.3) is 0 Å². The van der Waals surface area contributed by atoms with Gasteiger partial charge < -0.3 is 16.0 Å². The first-order valence-corrected chi connectivity index (χ1v) is 8.11. The molecular formula is C16H24BrN3O. The zero-order chi connectivity index (χ0) is 15.6. The molecule has 0 spiro atoms. The fraction of sp³-hybridized carbons (Fsp3) is 0.562. The first-order valence-electron chi connectivity index (χ1n) is 7.32. The van der Waals surface area contributed by atoms with Crippen LogP contribution in [-0.2, 0) is 10.3 Å². The van der Waals surface area contributed by atoms with E-state index in [0.29, 0.717) is 18.5 Å². The Hall–Kier alpha value is -0.910. The lowest BCUT2D eigenvalue weighted by Crippen LogP contribution is -2.52. The van der Waals surface area contributed by atoms with E-state index in [0.717, 1.165) is 10.0 Å². The average molecular weight is 354 g/mol. The smallest absolute Gasteiger partial charge is 0.244 e. The third-order valence-corrected chi connectivity index (χ3v) is 4.75. The zero-order valence-corrected chi connectivity index (χ0v) is 14.5. The Morgan fingerprint density at radius 3 is 2.48 bits per heavy atom. The van der Waals surface area contributed by atoms with Gasteiger partial charge in [0.15, 0.2) is 0 Å². The van der Waals surface area contributed by atoms with Crippen LogP contribution in [0, 0.1) is 5.92 Å². The second-order valence-electron chi connectivity index (χ2n) is 6.29. The average Bonchev–Trinajstić information content (AvgIpc) is 3.23. The maximum atomic E-state index is 12.5. The summed E-state index contributed by atoms with van der Waals surface area (Å²) in [6.45, 7) is 2.41. The van der Waals surface area contributed by atoms with E-state index in [2.05, 4.69) is 40.2 Å². The van der Waals surface area contributed by atoms with E-state index in [1.54, 1.807) is 6.92 Å². The van der Waals surface area contributed by atoms with Crippen molar-refractivity contribution in [2.24, 2.45) is 11.7 Å². The van der Waals surface area contributed by atoms with Crippen LogP contribution < -0.4 is 11.1 Å². The van der Waals surface area contributed by atoms with Crippen molar-refractivity contribution < 1.29 is 4.79 Å². The van der Waals surface area contributed by atoms with Crippen LogP contribution in [0.15, 0.2) is 28.7 Å². The summed E-state index contributed by atoms with van der Waals surface area (Å²) < 4.78 is 0.976. The topological polar surface area (TPSA) is 58.4 Å². The van der Waals surface area contributed by atoms with Crippen molar-refractivity contribution in [1.29, 1.82) is 0 Å². The van der Waals surface area contributed by atoms with Gasteiger partial charge in [-0.3, -0.25) is 4.79 Å². The van der Waals surface area contributed by atoms with Gasteiger partial charge in [-0.2, -0.15) is 0 Å². The Kier molecular flexibility index (Phi) is 5.07. The molecule has 21 heavy (non-hydrogen) atoms. The molecule has 0 aromatic heterocycles. The molecule has 0 heterocycles. The number of nitrogens with zero attached hydrogens (tertiary/aromatic N) is 1. The largest absolute Gasteiger partial charge is 0.353 e. The lowest BCUT2D eigenvalue weighted by atomic mass is 9.92. The third-order valence-electron chi connectivity index (χ3n) is 4.22. The zero-order valence-electron chi connectivity index (χ0n) is 12.9. The molecule has 2 atom stereocenters. The number of nitrogens with one attached hydrogen (secondary N) is 1. The SMILES string of the molecule is CN(C)C(CNC(=O)C(C)(N)c1ccc(Br)cc1)C1CC1. The van der Waals surface area contributed by atoms with Crippen LogP contribution in [-0.4, -0.2) is 37.5 Å². The molecule has 1 aromatic carbocycles. The minimum atomic E-state index is -1.01. The highest BCUT2D eigenvalue weighted by Gasteiger charge is 2.35. The van der Waals surface area contributed by atoms with E-state index in [-0.39, 0.29) is 5.91 Å². The molecule has 4 nitrogen and oxygen atoms in total. The Balaban J connectivity index is 1.99. The second-order valence-corrected chi connectivity index (χ2v) is 7.20. The summed E-state index contributed by atoms with van der Waals surface area (Å²) >= 11 is 3.39. The molecule has 1 aliphatic rings. The van der Waals surface area contributed by atoms with E-state index in [4.69, 9.17) is 5.73 Å². The van der Waals surface area contributed by atoms with Crippen LogP contribution >= 0.6 is 15.9 Å². The number of likely N-dealkylation sites (N-methyl/N-ethyl adjacent to an activating group) is 1. The summed E-state index contributed by atoms with van der Waals surface area (Å²) in [4.78, 5) is 14.6. The molecule has 1 saturated carbocycles. The highest BCUT2D eigenvalue weighted by atomic mass is 79.9. The van der Waals surface area contributed by atoms with Crippen LogP contribution in [0.1, 0.15) is 25.3 Å². The summed E-state index contributed by atoms with van der Waals surface area (Å²) in [5, 5.41) is 3.02. The van der Waals surface area contributed by atoms with Crippen molar-refractivity contribution in [2.75, 3.05) is 20.6 Å². The van der Waals surface area contributed by atoms with E-state index < -0.39 is 5.54 Å². The predicted octanol–water partition coefficient (Wildman–Crippen LogP) is 2.08. The fourth-order valence-electron chi connectivity index (χ4n) is 2.56. The predicted molar refractivity (Wildman–Crippen MR) is 88.9 cm³/mol. The Morgan fingerprint density at radius 2 is 2.00 bits per heavy atom. The van der Waals surface area contributed by atoms with Gasteiger partial charge in [-0.05, 0) is 57.5 Å². The molecule has 0 saturated heterocycles. The molecule has 1 aromatic rings. The van der Waals surface area contributed by atoms with Gasteiger partial charge in [0.2, 0.25) is 5.91 Å². The van der Waals surface area contributed by atoms with Gasteiger partial charge in [0.25, 0.3) is 0 Å². The number of halogens is 1. The number of amides is 1. The van der Waals surface area contributed by atoms with Crippen molar-refractivity contribution in [3.05, 3.63) is 34.3 Å². The van der Waals surface area contributed by atoms with Crippen molar-refractivity contribution in [3.8, 4) is 0 Å². The van der Waals surface area contributed by atoms with Gasteiger partial charge in [-0.25, -0.2) is 0 Å². The van der Waals surface area contributed by atoms with E-state index in [9.17, 15) is 4.79 Å². The molecule has 2 rings (SSSR count). The molecular weight excluding hydrogens is 330 g/mol. The number of nitrogens with two attached hydrogens (primary N) is 1. The number of rotatable bonds is 6. The van der Waals surface area contributed by atoms with Gasteiger partial charge in [0, 0.05) is 17.1 Å². The van der Waals surface area contributed by atoms with Gasteiger partial charge in [0.05, 0.1) is 0 Å². The number of carbonyl (C=O) groups is 1. The fourth-order valence-corrected chi connectivity index (χ4v) is 2.82. The maximum Gasteiger partial charge on any atom is 0.244 e. The standard InChI is InChI=1S/C16H24BrN3O/c1-16(18,12-6-8-13(17)9-7-12)15(21)19-10-14(20(2)3)11-4-5-11/h6-9,11,14H,4-5,10,18H2,1-3H3,(H,19,21). The molecule has 5 heteroatoms. The molecule has 1 amide bonds. The van der Waals surface area contributed by atoms with E-state index in [1.165, 1.54) is 12.8 Å². The minimum Gasteiger partial charge on any atom is -0.353 e. The first kappa shape index (κ1) is 16.5. The Bertz CT molecular complexity index is 493. The summed E-state index contributed by atoms with van der Waals surface area (Å²) in [6.07, 6.45) is 2.51. The normalized spacial score (nSPS) is 19.1. The maximum absolute atomic E-state index is 12.5. The van der Waals surface area contributed by atoms with Crippen LogP contribution in [0.5, 0.6) is 0 Å². The van der Waals surface area contributed by atoms with Crippen molar-refractivity contribution >= 4 is 21.8 Å². The number of benzene rings is 1. The molecule has 1 fully saturated rings. The molecule has 0 aliphatic heterocycles. The van der Waals surface area contributed by atoms with Crippen molar-refractivity contribution in [1.82, 2.24) is 10.2 Å². The monoisotopic (exact) mass is 353 g/mol.